The molecule has 1 N–H and O–H groups in total. The van der Waals surface area contributed by atoms with Crippen LogP contribution in [0.2, 0.25) is 0 Å². The number of halogens is 1. The summed E-state index contributed by atoms with van der Waals surface area (Å²) in [6.07, 6.45) is 2.60. The van der Waals surface area contributed by atoms with Crippen molar-refractivity contribution in [3.63, 3.8) is 0 Å². The van der Waals surface area contributed by atoms with Gasteiger partial charge in [-0.1, -0.05) is 26.8 Å². The summed E-state index contributed by atoms with van der Waals surface area (Å²) in [4.78, 5) is 13.5. The van der Waals surface area contributed by atoms with E-state index >= 15 is 0 Å². The molecule has 2 aromatic rings. The lowest BCUT2D eigenvalue weighted by molar-refractivity contribution is 0.558. The van der Waals surface area contributed by atoms with Gasteiger partial charge in [0.25, 0.3) is 5.56 Å². The molecular weight excluding hydrogens is 350 g/mol. The maximum atomic E-state index is 12.1. The second-order valence-corrected chi connectivity index (χ2v) is 7.36. The molecule has 0 aliphatic rings. The van der Waals surface area contributed by atoms with Crippen LogP contribution in [0.4, 0.5) is 5.69 Å². The zero-order valence-electron chi connectivity index (χ0n) is 12.5. The molecule has 0 aromatic carbocycles. The lowest BCUT2D eigenvalue weighted by atomic mass is 9.91. The van der Waals surface area contributed by atoms with Crippen LogP contribution < -0.4 is 10.9 Å². The number of hydrogen-bond acceptors (Lipinski definition) is 4. The van der Waals surface area contributed by atoms with Crippen molar-refractivity contribution in [3.8, 4) is 0 Å². The largest absolute Gasteiger partial charge is 0.382 e. The van der Waals surface area contributed by atoms with Crippen molar-refractivity contribution >= 4 is 33.0 Å². The summed E-state index contributed by atoms with van der Waals surface area (Å²) in [5.74, 6) is 0. The smallest absolute Gasteiger partial charge is 0.283 e. The predicted octanol–water partition coefficient (Wildman–Crippen LogP) is 3.87. The Morgan fingerprint density at radius 1 is 1.48 bits per heavy atom. The van der Waals surface area contributed by atoms with E-state index in [0.29, 0.717) is 11.0 Å². The molecule has 0 fully saturated rings. The monoisotopic (exact) mass is 369 g/mol. The Kier molecular flexibility index (Phi) is 5.22. The standard InChI is InChI=1S/C15H20BrN3OS/c1-4-7-19-14(20)13(16)11(9-18-19)17-10-15(2,3)12-6-5-8-21-12/h5-6,8-9,17H,4,7,10H2,1-3H3. The SMILES string of the molecule is CCCn1ncc(NCC(C)(C)c2cccs2)c(Br)c1=O. The van der Waals surface area contributed by atoms with Crippen LogP contribution in [0.1, 0.15) is 32.1 Å². The Hall–Kier alpha value is -1.14. The number of thiophene rings is 1. The van der Waals surface area contributed by atoms with Crippen molar-refractivity contribution in [2.75, 3.05) is 11.9 Å². The number of aromatic nitrogens is 2. The molecule has 2 heterocycles. The molecule has 6 heteroatoms. The number of rotatable bonds is 6. The molecule has 0 aliphatic heterocycles. The van der Waals surface area contributed by atoms with Crippen LogP contribution in [0.25, 0.3) is 0 Å². The first kappa shape index (κ1) is 16.2. The third-order valence-corrected chi connectivity index (χ3v) is 5.33. The number of nitrogens with one attached hydrogen (secondary N) is 1. The van der Waals surface area contributed by atoms with Gasteiger partial charge in [0.15, 0.2) is 0 Å². The minimum Gasteiger partial charge on any atom is -0.382 e. The molecule has 0 aliphatic carbocycles. The molecule has 114 valence electrons. The Balaban J connectivity index is 2.14. The van der Waals surface area contributed by atoms with Gasteiger partial charge >= 0.3 is 0 Å². The van der Waals surface area contributed by atoms with Crippen molar-refractivity contribution < 1.29 is 0 Å². The fraction of sp³-hybridized carbons (Fsp3) is 0.467. The quantitative estimate of drug-likeness (QED) is 0.840. The Bertz CT molecular complexity index is 649. The lowest BCUT2D eigenvalue weighted by Crippen LogP contribution is -2.29. The molecule has 4 nitrogen and oxygen atoms in total. The molecule has 0 bridgehead atoms. The van der Waals surface area contributed by atoms with Crippen molar-refractivity contribution in [2.45, 2.75) is 39.2 Å². The number of nitrogens with zero attached hydrogens (tertiary/aromatic N) is 2. The third-order valence-electron chi connectivity index (χ3n) is 3.33. The number of aryl methyl sites for hydroxylation is 1. The van der Waals surface area contributed by atoms with Crippen LogP contribution in [-0.4, -0.2) is 16.3 Å². The molecule has 0 radical (unpaired) electrons. The van der Waals surface area contributed by atoms with E-state index in [2.05, 4.69) is 57.7 Å². The highest BCUT2D eigenvalue weighted by molar-refractivity contribution is 9.10. The molecule has 0 saturated carbocycles. The Labute approximate surface area is 137 Å². The van der Waals surface area contributed by atoms with E-state index in [9.17, 15) is 4.79 Å². The minimum atomic E-state index is -0.0872. The van der Waals surface area contributed by atoms with Crippen LogP contribution >= 0.6 is 27.3 Å². The van der Waals surface area contributed by atoms with Gasteiger partial charge in [-0.05, 0) is 33.8 Å². The van der Waals surface area contributed by atoms with E-state index in [1.54, 1.807) is 17.5 Å². The summed E-state index contributed by atoms with van der Waals surface area (Å²) in [5.41, 5.74) is 0.666. The predicted molar refractivity (Wildman–Crippen MR) is 92.3 cm³/mol. The van der Waals surface area contributed by atoms with Crippen molar-refractivity contribution in [3.05, 3.63) is 43.4 Å². The first-order chi connectivity index (χ1) is 9.95. The van der Waals surface area contributed by atoms with Crippen molar-refractivity contribution in [2.24, 2.45) is 0 Å². The van der Waals surface area contributed by atoms with E-state index in [1.165, 1.54) is 9.56 Å². The van der Waals surface area contributed by atoms with E-state index in [1.807, 2.05) is 6.92 Å². The average molecular weight is 370 g/mol. The third kappa shape index (κ3) is 3.74. The van der Waals surface area contributed by atoms with Gasteiger partial charge in [-0.15, -0.1) is 11.3 Å². The van der Waals surface area contributed by atoms with Crippen molar-refractivity contribution in [1.29, 1.82) is 0 Å². The summed E-state index contributed by atoms with van der Waals surface area (Å²) < 4.78 is 2.03. The summed E-state index contributed by atoms with van der Waals surface area (Å²) in [5, 5.41) is 9.63. The minimum absolute atomic E-state index is 0.00584. The van der Waals surface area contributed by atoms with Gasteiger partial charge in [0.05, 0.1) is 11.9 Å². The zero-order valence-corrected chi connectivity index (χ0v) is 14.9. The lowest BCUT2D eigenvalue weighted by Gasteiger charge is -2.24. The normalized spacial score (nSPS) is 11.6. The summed E-state index contributed by atoms with van der Waals surface area (Å²) in [6, 6.07) is 4.20. The van der Waals surface area contributed by atoms with Gasteiger partial charge < -0.3 is 5.32 Å². The maximum absolute atomic E-state index is 12.1. The van der Waals surface area contributed by atoms with Gasteiger partial charge in [0.1, 0.15) is 4.47 Å². The van der Waals surface area contributed by atoms with Crippen LogP contribution in [0.3, 0.4) is 0 Å². The fourth-order valence-corrected chi connectivity index (χ4v) is 3.33. The molecule has 0 atom stereocenters. The summed E-state index contributed by atoms with van der Waals surface area (Å²) >= 11 is 5.13. The Morgan fingerprint density at radius 2 is 2.24 bits per heavy atom. The van der Waals surface area contributed by atoms with Crippen molar-refractivity contribution in [1.82, 2.24) is 9.78 Å². The highest BCUT2D eigenvalue weighted by atomic mass is 79.9. The fourth-order valence-electron chi connectivity index (χ4n) is 2.03. The molecule has 21 heavy (non-hydrogen) atoms. The summed E-state index contributed by atoms with van der Waals surface area (Å²) in [7, 11) is 0. The van der Waals surface area contributed by atoms with Gasteiger partial charge in [-0.2, -0.15) is 5.10 Å². The van der Waals surface area contributed by atoms with Gasteiger partial charge in [0.2, 0.25) is 0 Å². The molecule has 0 spiro atoms. The second-order valence-electron chi connectivity index (χ2n) is 5.62. The highest BCUT2D eigenvalue weighted by Crippen LogP contribution is 2.28. The van der Waals surface area contributed by atoms with Gasteiger partial charge in [-0.25, -0.2) is 4.68 Å². The van der Waals surface area contributed by atoms with Gasteiger partial charge in [-0.3, -0.25) is 4.79 Å². The molecule has 0 amide bonds. The van der Waals surface area contributed by atoms with E-state index < -0.39 is 0 Å². The van der Waals surface area contributed by atoms with E-state index in [-0.39, 0.29) is 11.0 Å². The molecule has 2 aromatic heterocycles. The number of hydrogen-bond donors (Lipinski definition) is 1. The first-order valence-electron chi connectivity index (χ1n) is 6.99. The molecular formula is C15H20BrN3OS. The molecule has 0 unspecified atom stereocenters. The first-order valence-corrected chi connectivity index (χ1v) is 8.66. The average Bonchev–Trinajstić information content (AvgIpc) is 2.98. The zero-order chi connectivity index (χ0) is 15.5. The van der Waals surface area contributed by atoms with E-state index in [4.69, 9.17) is 0 Å². The second kappa shape index (κ2) is 6.75. The van der Waals surface area contributed by atoms with Crippen LogP contribution in [-0.2, 0) is 12.0 Å². The van der Waals surface area contributed by atoms with Crippen LogP contribution in [0, 0.1) is 0 Å². The highest BCUT2D eigenvalue weighted by Gasteiger charge is 2.22. The van der Waals surface area contributed by atoms with E-state index in [0.717, 1.165) is 18.7 Å². The number of anilines is 1. The topological polar surface area (TPSA) is 46.9 Å². The van der Waals surface area contributed by atoms with Crippen LogP contribution in [0.5, 0.6) is 0 Å². The van der Waals surface area contributed by atoms with Crippen LogP contribution in [0.15, 0.2) is 33.0 Å². The van der Waals surface area contributed by atoms with Gasteiger partial charge in [0, 0.05) is 23.4 Å². The molecule has 2 rings (SSSR count). The maximum Gasteiger partial charge on any atom is 0.283 e. The Morgan fingerprint density at radius 3 is 2.86 bits per heavy atom. The molecule has 0 saturated heterocycles. The summed E-state index contributed by atoms with van der Waals surface area (Å²) in [6.45, 7) is 7.78.